The summed E-state index contributed by atoms with van der Waals surface area (Å²) in [6.07, 6.45) is 0. The van der Waals surface area contributed by atoms with Gasteiger partial charge in [0.25, 0.3) is 0 Å². The van der Waals surface area contributed by atoms with Crippen molar-refractivity contribution < 1.29 is 19.1 Å². The largest absolute Gasteiger partial charge is 0.462 e. The first-order chi connectivity index (χ1) is 10.1. The zero-order valence-corrected chi connectivity index (χ0v) is 12.3. The minimum atomic E-state index is -0.423. The van der Waals surface area contributed by atoms with Crippen LogP contribution in [0.15, 0.2) is 18.2 Å². The summed E-state index contributed by atoms with van der Waals surface area (Å²) in [5, 5.41) is 5.59. The van der Waals surface area contributed by atoms with Crippen LogP contribution >= 0.6 is 0 Å². The number of esters is 1. The molecule has 1 aromatic carbocycles. The van der Waals surface area contributed by atoms with E-state index in [1.165, 1.54) is 6.07 Å². The SMILES string of the molecule is CCOC(=O)c1ccc(NCC(=O)NCCOC)c(N)c1. The lowest BCUT2D eigenvalue weighted by Crippen LogP contribution is -2.32. The molecule has 0 radical (unpaired) electrons. The lowest BCUT2D eigenvalue weighted by atomic mass is 10.1. The molecule has 1 rings (SSSR count). The van der Waals surface area contributed by atoms with Gasteiger partial charge in [0.05, 0.1) is 36.7 Å². The Bertz CT molecular complexity index is 491. The first-order valence-corrected chi connectivity index (χ1v) is 6.64. The Morgan fingerprint density at radius 2 is 2.10 bits per heavy atom. The van der Waals surface area contributed by atoms with E-state index in [2.05, 4.69) is 10.6 Å². The van der Waals surface area contributed by atoms with Crippen LogP contribution in [-0.2, 0) is 14.3 Å². The number of rotatable bonds is 8. The fourth-order valence-electron chi connectivity index (χ4n) is 1.60. The second-order valence-corrected chi connectivity index (χ2v) is 4.22. The number of ether oxygens (including phenoxy) is 2. The van der Waals surface area contributed by atoms with Crippen molar-refractivity contribution in [3.05, 3.63) is 23.8 Å². The van der Waals surface area contributed by atoms with E-state index in [-0.39, 0.29) is 12.5 Å². The van der Waals surface area contributed by atoms with Gasteiger partial charge in [-0.3, -0.25) is 4.79 Å². The number of nitrogens with one attached hydrogen (secondary N) is 2. The monoisotopic (exact) mass is 295 g/mol. The summed E-state index contributed by atoms with van der Waals surface area (Å²) < 4.78 is 9.72. The molecule has 7 nitrogen and oxygen atoms in total. The fraction of sp³-hybridized carbons (Fsp3) is 0.429. The quantitative estimate of drug-likeness (QED) is 0.369. The molecule has 0 atom stereocenters. The molecule has 0 aliphatic rings. The van der Waals surface area contributed by atoms with Crippen molar-refractivity contribution in [2.45, 2.75) is 6.92 Å². The molecule has 0 saturated carbocycles. The number of nitrogens with two attached hydrogens (primary N) is 1. The highest BCUT2D eigenvalue weighted by Crippen LogP contribution is 2.20. The van der Waals surface area contributed by atoms with Crippen molar-refractivity contribution in [1.29, 1.82) is 0 Å². The number of hydrogen-bond acceptors (Lipinski definition) is 6. The molecule has 4 N–H and O–H groups in total. The number of anilines is 2. The van der Waals surface area contributed by atoms with Crippen molar-refractivity contribution >= 4 is 23.3 Å². The van der Waals surface area contributed by atoms with Gasteiger partial charge in [0.2, 0.25) is 5.91 Å². The molecule has 0 fully saturated rings. The maximum atomic E-state index is 11.5. The number of methoxy groups -OCH3 is 1. The molecule has 0 aromatic heterocycles. The molecule has 0 unspecified atom stereocenters. The molecule has 0 bridgehead atoms. The zero-order chi connectivity index (χ0) is 15.7. The summed E-state index contributed by atoms with van der Waals surface area (Å²) in [6, 6.07) is 4.76. The normalized spacial score (nSPS) is 10.0. The van der Waals surface area contributed by atoms with Gasteiger partial charge in [-0.05, 0) is 25.1 Å². The molecule has 0 saturated heterocycles. The molecule has 1 aromatic rings. The van der Waals surface area contributed by atoms with Gasteiger partial charge < -0.3 is 25.8 Å². The highest BCUT2D eigenvalue weighted by atomic mass is 16.5. The first kappa shape index (κ1) is 16.8. The highest BCUT2D eigenvalue weighted by Gasteiger charge is 2.09. The summed E-state index contributed by atoms with van der Waals surface area (Å²) >= 11 is 0. The van der Waals surface area contributed by atoms with Gasteiger partial charge in [0, 0.05) is 13.7 Å². The first-order valence-electron chi connectivity index (χ1n) is 6.64. The average molecular weight is 295 g/mol. The van der Waals surface area contributed by atoms with Crippen LogP contribution in [0.25, 0.3) is 0 Å². The van der Waals surface area contributed by atoms with Crippen molar-refractivity contribution in [3.63, 3.8) is 0 Å². The van der Waals surface area contributed by atoms with Crippen LogP contribution < -0.4 is 16.4 Å². The standard InChI is InChI=1S/C14H21N3O4/c1-3-21-14(19)10-4-5-12(11(15)8-10)17-9-13(18)16-6-7-20-2/h4-5,8,17H,3,6-7,9,15H2,1-2H3,(H,16,18). The lowest BCUT2D eigenvalue weighted by Gasteiger charge is -2.11. The third-order valence-electron chi connectivity index (χ3n) is 2.63. The zero-order valence-electron chi connectivity index (χ0n) is 12.3. The number of amides is 1. The van der Waals surface area contributed by atoms with E-state index in [1.54, 1.807) is 26.2 Å². The number of benzene rings is 1. The number of carbonyl (C=O) groups is 2. The summed E-state index contributed by atoms with van der Waals surface area (Å²) in [5.41, 5.74) is 7.19. The summed E-state index contributed by atoms with van der Waals surface area (Å²) in [6.45, 7) is 3.04. The van der Waals surface area contributed by atoms with Crippen molar-refractivity contribution in [3.8, 4) is 0 Å². The van der Waals surface area contributed by atoms with E-state index in [0.717, 1.165) is 0 Å². The predicted molar refractivity (Wildman–Crippen MR) is 80.2 cm³/mol. The number of carbonyl (C=O) groups excluding carboxylic acids is 2. The molecule has 21 heavy (non-hydrogen) atoms. The topological polar surface area (TPSA) is 103 Å². The Morgan fingerprint density at radius 3 is 2.71 bits per heavy atom. The molecule has 0 heterocycles. The highest BCUT2D eigenvalue weighted by molar-refractivity contribution is 5.92. The van der Waals surface area contributed by atoms with Crippen LogP contribution in [0.3, 0.4) is 0 Å². The molecular weight excluding hydrogens is 274 g/mol. The maximum absolute atomic E-state index is 11.5. The van der Waals surface area contributed by atoms with Gasteiger partial charge in [-0.15, -0.1) is 0 Å². The third kappa shape index (κ3) is 5.70. The van der Waals surface area contributed by atoms with E-state index in [1.807, 2.05) is 0 Å². The summed E-state index contributed by atoms with van der Waals surface area (Å²) in [7, 11) is 1.57. The van der Waals surface area contributed by atoms with Crippen molar-refractivity contribution in [1.82, 2.24) is 5.32 Å². The van der Waals surface area contributed by atoms with Crippen molar-refractivity contribution in [2.75, 3.05) is 44.5 Å². The van der Waals surface area contributed by atoms with E-state index in [0.29, 0.717) is 36.7 Å². The Kier molecular flexibility index (Phi) is 7.03. The van der Waals surface area contributed by atoms with Crippen LogP contribution in [0.5, 0.6) is 0 Å². The Hall–Kier alpha value is -2.28. The van der Waals surface area contributed by atoms with Crippen LogP contribution in [0.2, 0.25) is 0 Å². The van der Waals surface area contributed by atoms with E-state index in [9.17, 15) is 9.59 Å². The van der Waals surface area contributed by atoms with Crippen LogP contribution in [-0.4, -0.2) is 45.3 Å². The Morgan fingerprint density at radius 1 is 1.33 bits per heavy atom. The van der Waals surface area contributed by atoms with Gasteiger partial charge >= 0.3 is 5.97 Å². The second-order valence-electron chi connectivity index (χ2n) is 4.22. The third-order valence-corrected chi connectivity index (χ3v) is 2.63. The summed E-state index contributed by atoms with van der Waals surface area (Å²) in [5.74, 6) is -0.589. The predicted octanol–water partition coefficient (Wildman–Crippen LogP) is 0.620. The summed E-state index contributed by atoms with van der Waals surface area (Å²) in [4.78, 5) is 23.1. The van der Waals surface area contributed by atoms with Gasteiger partial charge in [0.1, 0.15) is 0 Å². The van der Waals surface area contributed by atoms with E-state index in [4.69, 9.17) is 15.2 Å². The minimum Gasteiger partial charge on any atom is -0.462 e. The van der Waals surface area contributed by atoms with Gasteiger partial charge in [-0.25, -0.2) is 4.79 Å². The molecule has 116 valence electrons. The smallest absolute Gasteiger partial charge is 0.338 e. The Balaban J connectivity index is 2.53. The van der Waals surface area contributed by atoms with E-state index >= 15 is 0 Å². The van der Waals surface area contributed by atoms with Gasteiger partial charge in [-0.2, -0.15) is 0 Å². The maximum Gasteiger partial charge on any atom is 0.338 e. The molecule has 0 spiro atoms. The minimum absolute atomic E-state index is 0.0899. The van der Waals surface area contributed by atoms with Gasteiger partial charge in [-0.1, -0.05) is 0 Å². The molecule has 0 aliphatic heterocycles. The van der Waals surface area contributed by atoms with Crippen molar-refractivity contribution in [2.24, 2.45) is 0 Å². The number of nitrogen functional groups attached to an aromatic ring is 1. The average Bonchev–Trinajstić information content (AvgIpc) is 2.46. The van der Waals surface area contributed by atoms with Crippen LogP contribution in [0.4, 0.5) is 11.4 Å². The van der Waals surface area contributed by atoms with Gasteiger partial charge in [0.15, 0.2) is 0 Å². The van der Waals surface area contributed by atoms with E-state index < -0.39 is 5.97 Å². The second kappa shape index (κ2) is 8.80. The number of hydrogen-bond donors (Lipinski definition) is 3. The Labute approximate surface area is 123 Å². The molecule has 1 amide bonds. The fourth-order valence-corrected chi connectivity index (χ4v) is 1.60. The molecule has 0 aliphatic carbocycles. The molecule has 7 heteroatoms. The lowest BCUT2D eigenvalue weighted by molar-refractivity contribution is -0.119. The van der Waals surface area contributed by atoms with Crippen LogP contribution in [0.1, 0.15) is 17.3 Å². The molecular formula is C14H21N3O4. The van der Waals surface area contributed by atoms with Crippen LogP contribution in [0, 0.1) is 0 Å².